The molecular weight excluding hydrogens is 823 g/mol. The summed E-state index contributed by atoms with van der Waals surface area (Å²) < 4.78 is 55.7. The van der Waals surface area contributed by atoms with Gasteiger partial charge in [-0.05, 0) is 62.5 Å². The van der Waals surface area contributed by atoms with Crippen molar-refractivity contribution >= 4 is 28.2 Å². The number of esters is 2. The minimum atomic E-state index is -5.07. The number of unbranched alkanes of at least 4 members (excludes halogenated alkanes) is 18. The summed E-state index contributed by atoms with van der Waals surface area (Å²) in [5, 5.41) is 12.8. The summed E-state index contributed by atoms with van der Waals surface area (Å²) >= 11 is 0. The lowest BCUT2D eigenvalue weighted by molar-refractivity contribution is -0.186. The van der Waals surface area contributed by atoms with Crippen molar-refractivity contribution in [2.45, 2.75) is 211 Å². The van der Waals surface area contributed by atoms with Crippen LogP contribution in [0.3, 0.4) is 0 Å². The molecule has 0 saturated carbocycles. The van der Waals surface area contributed by atoms with E-state index in [0.29, 0.717) is 19.3 Å². The number of aliphatic hydroxyl groups excluding tert-OH is 1. The lowest BCUT2D eigenvalue weighted by atomic mass is 9.97. The van der Waals surface area contributed by atoms with E-state index < -0.39 is 59.3 Å². The number of aliphatic hydroxyl groups is 1. The molecule has 5 atom stereocenters. The van der Waals surface area contributed by atoms with E-state index in [0.717, 1.165) is 103 Å². The van der Waals surface area contributed by atoms with Crippen LogP contribution in [-0.2, 0) is 56.0 Å². The first-order valence-corrected chi connectivity index (χ1v) is 25.6. The van der Waals surface area contributed by atoms with Crippen LogP contribution in [0.15, 0.2) is 60.7 Å². The van der Waals surface area contributed by atoms with Crippen molar-refractivity contribution in [2.24, 2.45) is 0 Å². The van der Waals surface area contributed by atoms with Crippen molar-refractivity contribution in [3.05, 3.63) is 71.8 Å². The Kier molecular flexibility index (Phi) is 28.4. The molecule has 1 fully saturated rings. The Hall–Kier alpha value is -3.36. The minimum absolute atomic E-state index is 0.0510. The van der Waals surface area contributed by atoms with E-state index in [1.165, 1.54) is 43.2 Å². The fourth-order valence-electron chi connectivity index (χ4n) is 8.26. The first-order chi connectivity index (χ1) is 30.6. The van der Waals surface area contributed by atoms with Gasteiger partial charge >= 0.3 is 22.3 Å². The summed E-state index contributed by atoms with van der Waals surface area (Å²) in [6.45, 7) is 1.29. The summed E-state index contributed by atoms with van der Waals surface area (Å²) in [5.74, 6) is -1.48. The Bertz CT molecular complexity index is 1610. The molecule has 0 aliphatic carbocycles. The highest BCUT2D eigenvalue weighted by atomic mass is 32.3. The first-order valence-electron chi connectivity index (χ1n) is 24.2. The van der Waals surface area contributed by atoms with Crippen molar-refractivity contribution in [3.63, 3.8) is 0 Å². The third-order valence-corrected chi connectivity index (χ3v) is 12.3. The average molecular weight is 902 g/mol. The van der Waals surface area contributed by atoms with E-state index in [1.807, 2.05) is 24.3 Å². The highest BCUT2D eigenvalue weighted by Gasteiger charge is 2.46. The van der Waals surface area contributed by atoms with Crippen LogP contribution >= 0.6 is 0 Å². The van der Waals surface area contributed by atoms with Crippen molar-refractivity contribution < 1.29 is 50.9 Å². The number of carbonyl (C=O) groups excluding carboxylic acids is 3. The van der Waals surface area contributed by atoms with Crippen LogP contribution in [0.5, 0.6) is 0 Å². The predicted octanol–water partition coefficient (Wildman–Crippen LogP) is 10.1. The molecule has 0 spiro atoms. The highest BCUT2D eigenvalue weighted by Crippen LogP contribution is 2.25. The number of ether oxygens (including phenoxy) is 3. The quantitative estimate of drug-likeness (QED) is 0.0337. The summed E-state index contributed by atoms with van der Waals surface area (Å²) in [5.41, 5.74) is 2.67. The average Bonchev–Trinajstić information content (AvgIpc) is 3.26. The maximum atomic E-state index is 13.7. The van der Waals surface area contributed by atoms with Crippen LogP contribution in [0.4, 0.5) is 0 Å². The summed E-state index contributed by atoms with van der Waals surface area (Å²) in [4.78, 5) is 39.9. The molecule has 356 valence electrons. The Labute approximate surface area is 378 Å². The Balaban J connectivity index is 1.52. The molecule has 3 rings (SSSR count). The van der Waals surface area contributed by atoms with Gasteiger partial charge in [0.2, 0.25) is 5.91 Å². The number of rotatable bonds is 36. The number of aryl methyl sites for hydroxylation is 2. The zero-order chi connectivity index (χ0) is 45.4. The molecule has 2 aromatic rings. The summed E-state index contributed by atoms with van der Waals surface area (Å²) in [7, 11) is -5.07. The van der Waals surface area contributed by atoms with E-state index in [9.17, 15) is 32.5 Å². The van der Waals surface area contributed by atoms with Crippen molar-refractivity contribution in [1.29, 1.82) is 0 Å². The molecule has 1 aliphatic heterocycles. The molecule has 0 radical (unpaired) electrons. The van der Waals surface area contributed by atoms with Crippen LogP contribution < -0.4 is 5.32 Å². The minimum Gasteiger partial charge on any atom is -0.462 e. The molecule has 3 N–H and O–H groups in total. The Morgan fingerprint density at radius 3 is 1.65 bits per heavy atom. The Morgan fingerprint density at radius 1 is 0.667 bits per heavy atom. The van der Waals surface area contributed by atoms with E-state index in [4.69, 9.17) is 18.4 Å². The van der Waals surface area contributed by atoms with Gasteiger partial charge in [-0.1, -0.05) is 170 Å². The van der Waals surface area contributed by atoms with Crippen molar-refractivity contribution in [3.8, 4) is 0 Å². The second-order valence-corrected chi connectivity index (χ2v) is 18.4. The number of hydrogen-bond donors (Lipinski definition) is 3. The van der Waals surface area contributed by atoms with Gasteiger partial charge in [0, 0.05) is 12.8 Å². The number of hydrogen-bond acceptors (Lipinski definition) is 10. The third kappa shape index (κ3) is 25.6. The van der Waals surface area contributed by atoms with Crippen LogP contribution in [0.2, 0.25) is 0 Å². The van der Waals surface area contributed by atoms with Gasteiger partial charge in [-0.3, -0.25) is 18.9 Å². The number of carbonyl (C=O) groups is 3. The van der Waals surface area contributed by atoms with Crippen LogP contribution in [0, 0.1) is 0 Å². The van der Waals surface area contributed by atoms with Gasteiger partial charge in [0.25, 0.3) is 0 Å². The monoisotopic (exact) mass is 902 g/mol. The van der Waals surface area contributed by atoms with E-state index in [-0.39, 0.29) is 31.8 Å². The van der Waals surface area contributed by atoms with Crippen LogP contribution in [0.1, 0.15) is 179 Å². The fourth-order valence-corrected chi connectivity index (χ4v) is 8.77. The maximum Gasteiger partial charge on any atom is 0.397 e. The maximum absolute atomic E-state index is 13.7. The zero-order valence-electron chi connectivity index (χ0n) is 38.1. The van der Waals surface area contributed by atoms with E-state index in [1.54, 1.807) is 0 Å². The molecule has 2 aromatic carbocycles. The van der Waals surface area contributed by atoms with Crippen molar-refractivity contribution in [2.75, 3.05) is 13.2 Å². The second kappa shape index (κ2) is 33.2. The molecule has 1 saturated heterocycles. The standard InChI is InChI=1S/C50H79NO11S/c1-2-3-4-5-6-7-8-15-26-35-43(60-47(54)36-27-16-11-9-13-20-29-41-31-22-18-23-32-41)38-46(53)51-44-40-59-45(39-52)50(62-63(56,57)58)49(44)61-48(55)37-28-17-12-10-14-21-30-42-33-24-19-25-34-42/h18-19,22-25,31-34,43-45,49-50,52H,2-17,20-21,26-30,35-40H2,1H3,(H,51,53)(H,56,57,58)/t43?,44-,45+,49+,50+/m0/s1. The third-order valence-electron chi connectivity index (χ3n) is 11.8. The molecule has 1 heterocycles. The Morgan fingerprint density at radius 2 is 1.14 bits per heavy atom. The normalized spacial score (nSPS) is 18.1. The second-order valence-electron chi connectivity index (χ2n) is 17.3. The fraction of sp³-hybridized carbons (Fsp3) is 0.700. The molecule has 63 heavy (non-hydrogen) atoms. The number of benzene rings is 2. The van der Waals surface area contributed by atoms with Gasteiger partial charge in [0.15, 0.2) is 6.10 Å². The first kappa shape index (κ1) is 54.0. The van der Waals surface area contributed by atoms with Gasteiger partial charge in [-0.15, -0.1) is 0 Å². The summed E-state index contributed by atoms with van der Waals surface area (Å²) in [6.07, 6.45) is 19.4. The lowest BCUT2D eigenvalue weighted by Gasteiger charge is -2.40. The zero-order valence-corrected chi connectivity index (χ0v) is 39.0. The largest absolute Gasteiger partial charge is 0.462 e. The van der Waals surface area contributed by atoms with Crippen LogP contribution in [0.25, 0.3) is 0 Å². The smallest absolute Gasteiger partial charge is 0.397 e. The van der Waals surface area contributed by atoms with E-state index in [2.05, 4.69) is 48.6 Å². The molecule has 0 aromatic heterocycles. The van der Waals surface area contributed by atoms with Gasteiger partial charge in [0.1, 0.15) is 18.3 Å². The molecule has 1 aliphatic rings. The SMILES string of the molecule is CCCCCCCCCCCC(CC(=O)N[C@H]1CO[C@H](CO)[C@@H](OS(=O)(=O)O)[C@@H]1OC(=O)CCCCCCCCc1ccccc1)OC(=O)CCCCCCCCc1ccccc1. The summed E-state index contributed by atoms with van der Waals surface area (Å²) in [6, 6.07) is 19.7. The number of nitrogens with one attached hydrogen (secondary N) is 1. The molecule has 1 amide bonds. The van der Waals surface area contributed by atoms with E-state index >= 15 is 0 Å². The molecular formula is C50H79NO11S. The molecule has 0 bridgehead atoms. The topological polar surface area (TPSA) is 175 Å². The lowest BCUT2D eigenvalue weighted by Crippen LogP contribution is -2.62. The van der Waals surface area contributed by atoms with Crippen LogP contribution in [-0.4, -0.2) is 79.6 Å². The predicted molar refractivity (Wildman–Crippen MR) is 246 cm³/mol. The van der Waals surface area contributed by atoms with Gasteiger partial charge < -0.3 is 24.6 Å². The molecule has 1 unspecified atom stereocenters. The number of amides is 1. The van der Waals surface area contributed by atoms with Crippen molar-refractivity contribution in [1.82, 2.24) is 5.32 Å². The highest BCUT2D eigenvalue weighted by molar-refractivity contribution is 7.80. The van der Waals surface area contributed by atoms with Gasteiger partial charge in [-0.2, -0.15) is 8.42 Å². The molecule has 12 nitrogen and oxygen atoms in total. The van der Waals surface area contributed by atoms with Gasteiger partial charge in [-0.25, -0.2) is 4.18 Å². The molecule has 13 heteroatoms. The van der Waals surface area contributed by atoms with Gasteiger partial charge in [0.05, 0.1) is 25.7 Å².